The number of furan rings is 2. The number of aromatic nitrogens is 2. The Balaban J connectivity index is 1.11. The summed E-state index contributed by atoms with van der Waals surface area (Å²) in [7, 11) is 0. The zero-order valence-corrected chi connectivity index (χ0v) is 31.2. The maximum atomic E-state index is 6.99. The quantitative estimate of drug-likeness (QED) is 0.180. The third kappa shape index (κ3) is 4.40. The average Bonchev–Trinajstić information content (AvgIpc) is 4.04. The summed E-state index contributed by atoms with van der Waals surface area (Å²) >= 11 is 0. The van der Waals surface area contributed by atoms with Gasteiger partial charge in [0.05, 0.1) is 22.1 Å². The lowest BCUT2D eigenvalue weighted by Crippen LogP contribution is -1.93. The Morgan fingerprint density at radius 3 is 1.26 bits per heavy atom. The Labute approximate surface area is 332 Å². The van der Waals surface area contributed by atoms with Crippen molar-refractivity contribution in [3.05, 3.63) is 194 Å². The standard InChI is InChI=1S/C54H32N2O2/c1-2-12-33(13-3-1)34-22-24-35(25-23-34)42-32-51-52(43-30-36(26-28-49(43)57-51)55-45-18-8-4-14-38(45)39-15-5-9-19-46(39)55)53-44-31-37(27-29-50(44)58-54(42)53)56-47-20-10-6-16-40(47)41-17-7-11-21-48(41)56/h1-32H. The third-order valence-corrected chi connectivity index (χ3v) is 12.1. The number of benzene rings is 9. The predicted molar refractivity (Wildman–Crippen MR) is 241 cm³/mol. The zero-order chi connectivity index (χ0) is 37.9. The van der Waals surface area contributed by atoms with Gasteiger partial charge in [0.25, 0.3) is 0 Å². The molecule has 0 fully saturated rings. The molecule has 0 atom stereocenters. The number of nitrogens with zero attached hydrogens (tertiary/aromatic N) is 2. The van der Waals surface area contributed by atoms with E-state index >= 15 is 0 Å². The first-order valence-electron chi connectivity index (χ1n) is 19.8. The zero-order valence-electron chi connectivity index (χ0n) is 31.2. The van der Waals surface area contributed by atoms with E-state index in [0.29, 0.717) is 0 Å². The molecular weight excluding hydrogens is 709 g/mol. The van der Waals surface area contributed by atoms with Gasteiger partial charge in [-0.15, -0.1) is 0 Å². The minimum Gasteiger partial charge on any atom is -0.456 e. The molecule has 4 aromatic heterocycles. The highest BCUT2D eigenvalue weighted by atomic mass is 16.3. The van der Waals surface area contributed by atoms with Gasteiger partial charge in [0, 0.05) is 60.0 Å². The summed E-state index contributed by atoms with van der Waals surface area (Å²) in [4.78, 5) is 0. The SMILES string of the molecule is c1ccc(-c2ccc(-c3cc4oc5ccc(-n6c7ccccc7c7ccccc76)cc5c4c4c3oc3ccc(-n5c6ccccc6c6ccccc65)cc34)cc2)cc1. The number of hydrogen-bond donors (Lipinski definition) is 0. The van der Waals surface area contributed by atoms with E-state index in [2.05, 4.69) is 203 Å². The van der Waals surface area contributed by atoms with Crippen molar-refractivity contribution in [3.8, 4) is 33.6 Å². The highest BCUT2D eigenvalue weighted by Gasteiger charge is 2.23. The van der Waals surface area contributed by atoms with Crippen LogP contribution in [0, 0.1) is 0 Å². The summed E-state index contributed by atoms with van der Waals surface area (Å²) < 4.78 is 18.6. The van der Waals surface area contributed by atoms with Gasteiger partial charge in [-0.3, -0.25) is 0 Å². The highest BCUT2D eigenvalue weighted by molar-refractivity contribution is 6.29. The van der Waals surface area contributed by atoms with Crippen molar-refractivity contribution in [2.24, 2.45) is 0 Å². The minimum atomic E-state index is 0.828. The van der Waals surface area contributed by atoms with Gasteiger partial charge in [-0.25, -0.2) is 0 Å². The lowest BCUT2D eigenvalue weighted by molar-refractivity contribution is 0.663. The van der Waals surface area contributed by atoms with E-state index in [0.717, 1.165) is 66.4 Å². The molecule has 270 valence electrons. The molecule has 0 saturated carbocycles. The number of rotatable bonds is 4. The second-order valence-corrected chi connectivity index (χ2v) is 15.2. The summed E-state index contributed by atoms with van der Waals surface area (Å²) in [5, 5.41) is 9.14. The number of fused-ring (bicyclic) bond motifs is 13. The van der Waals surface area contributed by atoms with Crippen molar-refractivity contribution >= 4 is 87.5 Å². The maximum absolute atomic E-state index is 6.99. The third-order valence-electron chi connectivity index (χ3n) is 12.1. The van der Waals surface area contributed by atoms with Crippen LogP contribution in [-0.2, 0) is 0 Å². The van der Waals surface area contributed by atoms with Crippen molar-refractivity contribution in [2.75, 3.05) is 0 Å². The Hall–Kier alpha value is -7.82. The average molecular weight is 741 g/mol. The van der Waals surface area contributed by atoms with Gasteiger partial charge in [-0.2, -0.15) is 0 Å². The molecular formula is C54H32N2O2. The van der Waals surface area contributed by atoms with Crippen LogP contribution in [0.3, 0.4) is 0 Å². The smallest absolute Gasteiger partial charge is 0.144 e. The number of para-hydroxylation sites is 4. The van der Waals surface area contributed by atoms with E-state index in [1.165, 1.54) is 54.7 Å². The molecule has 4 nitrogen and oxygen atoms in total. The van der Waals surface area contributed by atoms with Gasteiger partial charge < -0.3 is 18.0 Å². The summed E-state index contributed by atoms with van der Waals surface area (Å²) in [6, 6.07) is 69.3. The predicted octanol–water partition coefficient (Wildman–Crippen LogP) is 15.0. The van der Waals surface area contributed by atoms with Gasteiger partial charge >= 0.3 is 0 Å². The molecule has 0 aliphatic heterocycles. The van der Waals surface area contributed by atoms with E-state index in [-0.39, 0.29) is 0 Å². The molecule has 4 heterocycles. The van der Waals surface area contributed by atoms with E-state index in [4.69, 9.17) is 8.83 Å². The van der Waals surface area contributed by atoms with Crippen molar-refractivity contribution in [1.82, 2.24) is 9.13 Å². The normalized spacial score (nSPS) is 12.1. The second-order valence-electron chi connectivity index (χ2n) is 15.2. The Bertz CT molecular complexity index is 3680. The van der Waals surface area contributed by atoms with E-state index in [1.807, 2.05) is 0 Å². The molecule has 0 unspecified atom stereocenters. The van der Waals surface area contributed by atoms with Crippen LogP contribution >= 0.6 is 0 Å². The molecule has 13 aromatic rings. The lowest BCUT2D eigenvalue weighted by atomic mass is 9.96. The fraction of sp³-hybridized carbons (Fsp3) is 0. The van der Waals surface area contributed by atoms with Gasteiger partial charge in [-0.05, 0) is 83.4 Å². The Morgan fingerprint density at radius 1 is 0.293 bits per heavy atom. The molecule has 58 heavy (non-hydrogen) atoms. The van der Waals surface area contributed by atoms with Crippen LogP contribution in [0.25, 0.3) is 121 Å². The Morgan fingerprint density at radius 2 is 0.724 bits per heavy atom. The molecule has 0 aliphatic carbocycles. The Kier molecular flexibility index (Phi) is 6.41. The molecule has 0 amide bonds. The molecule has 0 bridgehead atoms. The van der Waals surface area contributed by atoms with Crippen LogP contribution < -0.4 is 0 Å². The fourth-order valence-corrected chi connectivity index (χ4v) is 9.55. The summed E-state index contributed by atoms with van der Waals surface area (Å²) in [6.45, 7) is 0. The molecule has 13 rings (SSSR count). The largest absolute Gasteiger partial charge is 0.456 e. The lowest BCUT2D eigenvalue weighted by Gasteiger charge is -2.09. The molecule has 4 heteroatoms. The van der Waals surface area contributed by atoms with E-state index in [1.54, 1.807) is 0 Å². The van der Waals surface area contributed by atoms with Crippen molar-refractivity contribution < 1.29 is 8.83 Å². The summed E-state index contributed by atoms with van der Waals surface area (Å²) in [6.07, 6.45) is 0. The van der Waals surface area contributed by atoms with Gasteiger partial charge in [0.15, 0.2) is 0 Å². The maximum Gasteiger partial charge on any atom is 0.144 e. The van der Waals surface area contributed by atoms with Crippen molar-refractivity contribution in [1.29, 1.82) is 0 Å². The summed E-state index contributed by atoms with van der Waals surface area (Å²) in [5.74, 6) is 0. The van der Waals surface area contributed by atoms with Gasteiger partial charge in [0.1, 0.15) is 22.3 Å². The monoisotopic (exact) mass is 740 g/mol. The molecule has 0 saturated heterocycles. The minimum absolute atomic E-state index is 0.828. The molecule has 0 aliphatic rings. The van der Waals surface area contributed by atoms with Crippen LogP contribution in [0.2, 0.25) is 0 Å². The first kappa shape index (κ1) is 31.4. The summed E-state index contributed by atoms with van der Waals surface area (Å²) in [5.41, 5.74) is 14.6. The fourth-order valence-electron chi connectivity index (χ4n) is 9.55. The van der Waals surface area contributed by atoms with E-state index in [9.17, 15) is 0 Å². The first-order valence-corrected chi connectivity index (χ1v) is 19.8. The van der Waals surface area contributed by atoms with Crippen LogP contribution in [0.5, 0.6) is 0 Å². The number of hydrogen-bond acceptors (Lipinski definition) is 2. The van der Waals surface area contributed by atoms with Crippen molar-refractivity contribution in [2.45, 2.75) is 0 Å². The van der Waals surface area contributed by atoms with Crippen LogP contribution in [0.4, 0.5) is 0 Å². The van der Waals surface area contributed by atoms with Crippen LogP contribution in [0.1, 0.15) is 0 Å². The van der Waals surface area contributed by atoms with Crippen molar-refractivity contribution in [3.63, 3.8) is 0 Å². The second kappa shape index (κ2) is 11.8. The molecule has 9 aromatic carbocycles. The molecule has 0 N–H and O–H groups in total. The molecule has 0 spiro atoms. The van der Waals surface area contributed by atoms with E-state index < -0.39 is 0 Å². The van der Waals surface area contributed by atoms with Gasteiger partial charge in [-0.1, -0.05) is 127 Å². The molecule has 0 radical (unpaired) electrons. The van der Waals surface area contributed by atoms with Gasteiger partial charge in [0.2, 0.25) is 0 Å². The first-order chi connectivity index (χ1) is 28.8. The van der Waals surface area contributed by atoms with Crippen LogP contribution in [-0.4, -0.2) is 9.13 Å². The highest BCUT2D eigenvalue weighted by Crippen LogP contribution is 2.46. The van der Waals surface area contributed by atoms with Crippen LogP contribution in [0.15, 0.2) is 203 Å². The topological polar surface area (TPSA) is 36.1 Å².